The van der Waals surface area contributed by atoms with Crippen molar-refractivity contribution in [3.8, 4) is 11.5 Å². The minimum atomic E-state index is -3.60. The molecular formula is C18H30ClN3O4S. The maximum absolute atomic E-state index is 13.1. The molecule has 1 aromatic rings. The van der Waals surface area contributed by atoms with Crippen LogP contribution in [0.3, 0.4) is 0 Å². The van der Waals surface area contributed by atoms with Crippen LogP contribution in [0.15, 0.2) is 23.1 Å². The molecule has 2 saturated heterocycles. The first kappa shape index (κ1) is 22.2. The van der Waals surface area contributed by atoms with Gasteiger partial charge in [0.05, 0.1) is 14.2 Å². The van der Waals surface area contributed by atoms with Gasteiger partial charge in [-0.15, -0.1) is 12.4 Å². The number of sulfonamides is 1. The van der Waals surface area contributed by atoms with Crippen molar-refractivity contribution in [1.82, 2.24) is 14.5 Å². The topological polar surface area (TPSA) is 71.1 Å². The molecule has 3 rings (SSSR count). The van der Waals surface area contributed by atoms with E-state index in [1.165, 1.54) is 33.1 Å². The first-order valence-corrected chi connectivity index (χ1v) is 10.6. The number of benzene rings is 1. The zero-order valence-corrected chi connectivity index (χ0v) is 17.7. The Kier molecular flexibility index (Phi) is 8.18. The lowest BCUT2D eigenvalue weighted by molar-refractivity contribution is 0.152. The van der Waals surface area contributed by atoms with E-state index in [0.29, 0.717) is 24.6 Å². The van der Waals surface area contributed by atoms with Gasteiger partial charge in [0.1, 0.15) is 16.4 Å². The number of nitrogens with one attached hydrogen (secondary N) is 1. The molecule has 1 aromatic carbocycles. The lowest BCUT2D eigenvalue weighted by atomic mass is 9.97. The molecule has 2 heterocycles. The van der Waals surface area contributed by atoms with Crippen molar-refractivity contribution in [3.63, 3.8) is 0 Å². The highest BCUT2D eigenvalue weighted by Gasteiger charge is 2.32. The third kappa shape index (κ3) is 5.26. The average molecular weight is 420 g/mol. The quantitative estimate of drug-likeness (QED) is 0.752. The number of ether oxygens (including phenoxy) is 2. The summed E-state index contributed by atoms with van der Waals surface area (Å²) in [4.78, 5) is 2.57. The first-order valence-electron chi connectivity index (χ1n) is 9.20. The van der Waals surface area contributed by atoms with Gasteiger partial charge in [-0.2, -0.15) is 4.31 Å². The standard InChI is InChI=1S/C18H29N3O4S.ClH/c1-24-16-3-4-17(25-2)18(13-16)26(22,23)21-11-9-20(10-12-21)14-15-5-7-19-8-6-15;/h3-4,13,15,19H,5-12,14H2,1-2H3;1H. The van der Waals surface area contributed by atoms with E-state index in [9.17, 15) is 8.42 Å². The summed E-state index contributed by atoms with van der Waals surface area (Å²) in [5.41, 5.74) is 0. The number of hydrogen-bond donors (Lipinski definition) is 1. The molecule has 0 radical (unpaired) electrons. The van der Waals surface area contributed by atoms with Gasteiger partial charge in [0.15, 0.2) is 0 Å². The molecule has 0 amide bonds. The fourth-order valence-corrected chi connectivity index (χ4v) is 5.30. The predicted octanol–water partition coefficient (Wildman–Crippen LogP) is 1.43. The van der Waals surface area contributed by atoms with Crippen molar-refractivity contribution in [1.29, 1.82) is 0 Å². The van der Waals surface area contributed by atoms with Gasteiger partial charge in [-0.05, 0) is 44.0 Å². The molecule has 154 valence electrons. The van der Waals surface area contributed by atoms with Crippen LogP contribution in [0.25, 0.3) is 0 Å². The van der Waals surface area contributed by atoms with Crippen molar-refractivity contribution in [2.45, 2.75) is 17.7 Å². The van der Waals surface area contributed by atoms with E-state index in [2.05, 4.69) is 10.2 Å². The van der Waals surface area contributed by atoms with Crippen molar-refractivity contribution < 1.29 is 17.9 Å². The van der Waals surface area contributed by atoms with E-state index >= 15 is 0 Å². The molecule has 27 heavy (non-hydrogen) atoms. The molecule has 1 N–H and O–H groups in total. The Morgan fingerprint density at radius 2 is 1.74 bits per heavy atom. The molecule has 0 unspecified atom stereocenters. The van der Waals surface area contributed by atoms with Crippen LogP contribution in [0.1, 0.15) is 12.8 Å². The van der Waals surface area contributed by atoms with Gasteiger partial charge >= 0.3 is 0 Å². The third-order valence-corrected chi connectivity index (χ3v) is 7.21. The maximum atomic E-state index is 13.1. The summed E-state index contributed by atoms with van der Waals surface area (Å²) < 4.78 is 38.2. The van der Waals surface area contributed by atoms with Crippen LogP contribution in [-0.2, 0) is 10.0 Å². The Bertz CT molecular complexity index is 703. The van der Waals surface area contributed by atoms with Crippen molar-refractivity contribution in [2.24, 2.45) is 5.92 Å². The molecule has 2 aliphatic rings. The van der Waals surface area contributed by atoms with Crippen molar-refractivity contribution >= 4 is 22.4 Å². The predicted molar refractivity (Wildman–Crippen MR) is 108 cm³/mol. The summed E-state index contributed by atoms with van der Waals surface area (Å²) in [5, 5.41) is 3.39. The van der Waals surface area contributed by atoms with E-state index in [1.54, 1.807) is 16.4 Å². The molecule has 2 fully saturated rings. The van der Waals surface area contributed by atoms with Gasteiger partial charge in [-0.3, -0.25) is 0 Å². The molecule has 2 aliphatic heterocycles. The second-order valence-corrected chi connectivity index (χ2v) is 8.82. The van der Waals surface area contributed by atoms with E-state index in [4.69, 9.17) is 9.47 Å². The largest absolute Gasteiger partial charge is 0.497 e. The molecule has 0 atom stereocenters. The van der Waals surface area contributed by atoms with E-state index in [1.807, 2.05) is 0 Å². The molecular weight excluding hydrogens is 390 g/mol. The molecule has 0 aliphatic carbocycles. The van der Waals surface area contributed by atoms with Crippen LogP contribution in [0.4, 0.5) is 0 Å². The number of piperidine rings is 1. The summed E-state index contributed by atoms with van der Waals surface area (Å²) in [6.45, 7) is 5.81. The minimum Gasteiger partial charge on any atom is -0.497 e. The normalized spacial score (nSPS) is 20.1. The Morgan fingerprint density at radius 3 is 2.33 bits per heavy atom. The van der Waals surface area contributed by atoms with Gasteiger partial charge < -0.3 is 19.7 Å². The van der Waals surface area contributed by atoms with E-state index in [0.717, 1.165) is 38.6 Å². The second kappa shape index (κ2) is 9.93. The third-order valence-electron chi connectivity index (χ3n) is 5.29. The number of hydrogen-bond acceptors (Lipinski definition) is 6. The van der Waals surface area contributed by atoms with Crippen molar-refractivity contribution in [3.05, 3.63) is 18.2 Å². The Balaban J connectivity index is 0.00000261. The molecule has 0 aromatic heterocycles. The fraction of sp³-hybridized carbons (Fsp3) is 0.667. The van der Waals surface area contributed by atoms with Crippen molar-refractivity contribution in [2.75, 3.05) is 60.0 Å². The van der Waals surface area contributed by atoms with Gasteiger partial charge in [-0.1, -0.05) is 0 Å². The van der Waals surface area contributed by atoms with Crippen LogP contribution in [0.5, 0.6) is 11.5 Å². The fourth-order valence-electron chi connectivity index (χ4n) is 3.71. The van der Waals surface area contributed by atoms with Gasteiger partial charge in [-0.25, -0.2) is 8.42 Å². The number of halogens is 1. The smallest absolute Gasteiger partial charge is 0.246 e. The maximum Gasteiger partial charge on any atom is 0.246 e. The average Bonchev–Trinajstić information content (AvgIpc) is 2.68. The highest BCUT2D eigenvalue weighted by molar-refractivity contribution is 7.89. The Morgan fingerprint density at radius 1 is 1.07 bits per heavy atom. The van der Waals surface area contributed by atoms with Gasteiger partial charge in [0.25, 0.3) is 0 Å². The van der Waals surface area contributed by atoms with E-state index in [-0.39, 0.29) is 17.3 Å². The zero-order valence-electron chi connectivity index (χ0n) is 16.0. The summed E-state index contributed by atoms with van der Waals surface area (Å²) >= 11 is 0. The number of methoxy groups -OCH3 is 2. The minimum absolute atomic E-state index is 0. The number of nitrogens with zero attached hydrogens (tertiary/aromatic N) is 2. The van der Waals surface area contributed by atoms with Gasteiger partial charge in [0, 0.05) is 38.8 Å². The molecule has 7 nitrogen and oxygen atoms in total. The number of piperazine rings is 1. The first-order chi connectivity index (χ1) is 12.5. The van der Waals surface area contributed by atoms with Crippen LogP contribution in [0, 0.1) is 5.92 Å². The van der Waals surface area contributed by atoms with Crippen LogP contribution >= 0.6 is 12.4 Å². The highest BCUT2D eigenvalue weighted by Crippen LogP contribution is 2.31. The summed E-state index contributed by atoms with van der Waals surface area (Å²) in [7, 11) is -0.593. The Labute approximate surface area is 168 Å². The van der Waals surface area contributed by atoms with E-state index < -0.39 is 10.0 Å². The van der Waals surface area contributed by atoms with Crippen LogP contribution < -0.4 is 14.8 Å². The van der Waals surface area contributed by atoms with Crippen LogP contribution in [0.2, 0.25) is 0 Å². The SMILES string of the molecule is COc1ccc(OC)c(S(=O)(=O)N2CCN(CC3CCNCC3)CC2)c1.Cl. The summed E-state index contributed by atoms with van der Waals surface area (Å²) in [6, 6.07) is 4.88. The molecule has 0 saturated carbocycles. The zero-order chi connectivity index (χ0) is 18.6. The summed E-state index contributed by atoms with van der Waals surface area (Å²) in [5.74, 6) is 1.58. The van der Waals surface area contributed by atoms with Crippen LogP contribution in [-0.4, -0.2) is 77.7 Å². The Hall–Kier alpha value is -1.06. The lowest BCUT2D eigenvalue weighted by Gasteiger charge is -2.36. The molecule has 0 spiro atoms. The molecule has 0 bridgehead atoms. The van der Waals surface area contributed by atoms with Gasteiger partial charge in [0.2, 0.25) is 10.0 Å². The highest BCUT2D eigenvalue weighted by atomic mass is 35.5. The second-order valence-electron chi connectivity index (χ2n) is 6.91. The summed E-state index contributed by atoms with van der Waals surface area (Å²) in [6.07, 6.45) is 2.42. The molecule has 9 heteroatoms. The monoisotopic (exact) mass is 419 g/mol. The lowest BCUT2D eigenvalue weighted by Crippen LogP contribution is -2.50. The number of rotatable bonds is 6.